The Morgan fingerprint density at radius 1 is 1.05 bits per heavy atom. The minimum absolute atomic E-state index is 0.222. The standard InChI is InChI=1S/C15H20Cl2N2O2/c1-2-3-4-5-6-10-18-14(20)15(21)19-12-9-7-8-11(16)13(12)17/h7-9H,2-6,10H2,1H3,(H,18,20)(H,19,21). The van der Waals surface area contributed by atoms with Crippen LogP contribution in [-0.4, -0.2) is 18.4 Å². The number of unbranched alkanes of at least 4 members (excludes halogenated alkanes) is 4. The third-order valence-corrected chi connectivity index (χ3v) is 3.79. The van der Waals surface area contributed by atoms with Crippen LogP contribution in [0, 0.1) is 0 Å². The average Bonchev–Trinajstić information content (AvgIpc) is 2.47. The lowest BCUT2D eigenvalue weighted by Crippen LogP contribution is -2.35. The number of carbonyl (C=O) groups excluding carboxylic acids is 2. The Balaban J connectivity index is 2.34. The molecule has 2 amide bonds. The normalized spacial score (nSPS) is 10.2. The second kappa shape index (κ2) is 9.64. The summed E-state index contributed by atoms with van der Waals surface area (Å²) in [5.74, 6) is -1.41. The van der Waals surface area contributed by atoms with Crippen molar-refractivity contribution in [2.45, 2.75) is 39.0 Å². The molecular weight excluding hydrogens is 311 g/mol. The molecule has 21 heavy (non-hydrogen) atoms. The fourth-order valence-corrected chi connectivity index (χ4v) is 2.14. The van der Waals surface area contributed by atoms with E-state index in [1.54, 1.807) is 18.2 Å². The van der Waals surface area contributed by atoms with Crippen LogP contribution >= 0.6 is 23.2 Å². The van der Waals surface area contributed by atoms with E-state index < -0.39 is 11.8 Å². The molecule has 0 saturated heterocycles. The van der Waals surface area contributed by atoms with E-state index in [1.165, 1.54) is 12.8 Å². The van der Waals surface area contributed by atoms with E-state index in [1.807, 2.05) is 0 Å². The highest BCUT2D eigenvalue weighted by molar-refractivity contribution is 6.45. The predicted octanol–water partition coefficient (Wildman–Crippen LogP) is 4.02. The molecule has 0 heterocycles. The van der Waals surface area contributed by atoms with Crippen molar-refractivity contribution in [2.75, 3.05) is 11.9 Å². The van der Waals surface area contributed by atoms with Gasteiger partial charge in [0, 0.05) is 6.54 Å². The molecule has 2 N–H and O–H groups in total. The van der Waals surface area contributed by atoms with Gasteiger partial charge in [0.05, 0.1) is 15.7 Å². The van der Waals surface area contributed by atoms with E-state index in [4.69, 9.17) is 23.2 Å². The van der Waals surface area contributed by atoms with Gasteiger partial charge in [0.2, 0.25) is 0 Å². The maximum Gasteiger partial charge on any atom is 0.313 e. The number of nitrogens with one attached hydrogen (secondary N) is 2. The fourth-order valence-electron chi connectivity index (χ4n) is 1.79. The molecule has 1 aromatic carbocycles. The first kappa shape index (κ1) is 17.8. The Morgan fingerprint density at radius 2 is 1.76 bits per heavy atom. The molecule has 0 fully saturated rings. The SMILES string of the molecule is CCCCCCCNC(=O)C(=O)Nc1cccc(Cl)c1Cl. The minimum Gasteiger partial charge on any atom is -0.348 e. The summed E-state index contributed by atoms with van der Waals surface area (Å²) < 4.78 is 0. The molecule has 0 radical (unpaired) electrons. The summed E-state index contributed by atoms with van der Waals surface area (Å²) in [6.45, 7) is 2.65. The summed E-state index contributed by atoms with van der Waals surface area (Å²) in [6, 6.07) is 4.84. The first-order valence-electron chi connectivity index (χ1n) is 7.09. The van der Waals surface area contributed by atoms with Gasteiger partial charge in [0.1, 0.15) is 0 Å². The number of carbonyl (C=O) groups is 2. The lowest BCUT2D eigenvalue weighted by Gasteiger charge is -2.08. The number of anilines is 1. The number of hydrogen-bond donors (Lipinski definition) is 2. The van der Waals surface area contributed by atoms with E-state index in [9.17, 15) is 9.59 Å². The van der Waals surface area contributed by atoms with Gasteiger partial charge in [-0.25, -0.2) is 0 Å². The smallest absolute Gasteiger partial charge is 0.313 e. The Morgan fingerprint density at radius 3 is 2.48 bits per heavy atom. The molecular formula is C15H20Cl2N2O2. The topological polar surface area (TPSA) is 58.2 Å². The van der Waals surface area contributed by atoms with Gasteiger partial charge in [-0.1, -0.05) is 61.9 Å². The molecule has 0 spiro atoms. The van der Waals surface area contributed by atoms with Crippen LogP contribution in [0.2, 0.25) is 10.0 Å². The molecule has 6 heteroatoms. The largest absolute Gasteiger partial charge is 0.348 e. The molecule has 0 aliphatic heterocycles. The summed E-state index contributed by atoms with van der Waals surface area (Å²) in [5.41, 5.74) is 0.326. The molecule has 0 aromatic heterocycles. The fraction of sp³-hybridized carbons (Fsp3) is 0.467. The van der Waals surface area contributed by atoms with Gasteiger partial charge in [-0.3, -0.25) is 9.59 Å². The molecule has 4 nitrogen and oxygen atoms in total. The van der Waals surface area contributed by atoms with Crippen LogP contribution in [0.4, 0.5) is 5.69 Å². The third-order valence-electron chi connectivity index (χ3n) is 2.97. The van der Waals surface area contributed by atoms with Crippen LogP contribution in [0.5, 0.6) is 0 Å². The molecule has 0 saturated carbocycles. The number of hydrogen-bond acceptors (Lipinski definition) is 2. The van der Waals surface area contributed by atoms with Crippen molar-refractivity contribution in [2.24, 2.45) is 0 Å². The van der Waals surface area contributed by atoms with E-state index in [0.29, 0.717) is 17.3 Å². The van der Waals surface area contributed by atoms with Gasteiger partial charge in [-0.15, -0.1) is 0 Å². The zero-order valence-corrected chi connectivity index (χ0v) is 13.6. The Hall–Kier alpha value is -1.26. The Labute approximate surface area is 135 Å². The van der Waals surface area contributed by atoms with Crippen molar-refractivity contribution < 1.29 is 9.59 Å². The lowest BCUT2D eigenvalue weighted by molar-refractivity contribution is -0.136. The second-order valence-electron chi connectivity index (χ2n) is 4.73. The van der Waals surface area contributed by atoms with E-state index in [0.717, 1.165) is 19.3 Å². The zero-order chi connectivity index (χ0) is 15.7. The zero-order valence-electron chi connectivity index (χ0n) is 12.0. The van der Waals surface area contributed by atoms with Crippen molar-refractivity contribution in [3.63, 3.8) is 0 Å². The molecule has 0 unspecified atom stereocenters. The monoisotopic (exact) mass is 330 g/mol. The molecule has 0 atom stereocenters. The van der Waals surface area contributed by atoms with Crippen LogP contribution in [-0.2, 0) is 9.59 Å². The van der Waals surface area contributed by atoms with Gasteiger partial charge in [0.15, 0.2) is 0 Å². The summed E-state index contributed by atoms with van der Waals surface area (Å²) in [7, 11) is 0. The van der Waals surface area contributed by atoms with Crippen molar-refractivity contribution >= 4 is 40.7 Å². The van der Waals surface area contributed by atoms with Crippen molar-refractivity contribution in [1.29, 1.82) is 0 Å². The molecule has 0 aliphatic carbocycles. The first-order valence-corrected chi connectivity index (χ1v) is 7.85. The Bertz CT molecular complexity index is 493. The molecule has 1 aromatic rings. The summed E-state index contributed by atoms with van der Waals surface area (Å²) in [5, 5.41) is 5.58. The highest BCUT2D eigenvalue weighted by atomic mass is 35.5. The van der Waals surface area contributed by atoms with E-state index in [2.05, 4.69) is 17.6 Å². The van der Waals surface area contributed by atoms with Crippen LogP contribution in [0.15, 0.2) is 18.2 Å². The third kappa shape index (κ3) is 6.36. The predicted molar refractivity (Wildman–Crippen MR) is 86.9 cm³/mol. The highest BCUT2D eigenvalue weighted by Gasteiger charge is 2.15. The number of amides is 2. The van der Waals surface area contributed by atoms with Gasteiger partial charge < -0.3 is 10.6 Å². The van der Waals surface area contributed by atoms with Gasteiger partial charge in [-0.05, 0) is 18.6 Å². The van der Waals surface area contributed by atoms with Crippen molar-refractivity contribution in [3.8, 4) is 0 Å². The maximum atomic E-state index is 11.7. The van der Waals surface area contributed by atoms with Gasteiger partial charge >= 0.3 is 11.8 Å². The first-order chi connectivity index (χ1) is 10.1. The van der Waals surface area contributed by atoms with Crippen molar-refractivity contribution in [3.05, 3.63) is 28.2 Å². The van der Waals surface area contributed by atoms with Crippen LogP contribution in [0.3, 0.4) is 0 Å². The van der Waals surface area contributed by atoms with E-state index in [-0.39, 0.29) is 5.02 Å². The van der Waals surface area contributed by atoms with E-state index >= 15 is 0 Å². The van der Waals surface area contributed by atoms with Crippen LogP contribution in [0.1, 0.15) is 39.0 Å². The van der Waals surface area contributed by atoms with Gasteiger partial charge in [0.25, 0.3) is 0 Å². The highest BCUT2D eigenvalue weighted by Crippen LogP contribution is 2.29. The second-order valence-corrected chi connectivity index (χ2v) is 5.51. The molecule has 1 rings (SSSR count). The summed E-state index contributed by atoms with van der Waals surface area (Å²) in [4.78, 5) is 23.4. The van der Waals surface area contributed by atoms with Crippen molar-refractivity contribution in [1.82, 2.24) is 5.32 Å². The lowest BCUT2D eigenvalue weighted by atomic mass is 10.1. The number of rotatable bonds is 7. The maximum absolute atomic E-state index is 11.7. The summed E-state index contributed by atoms with van der Waals surface area (Å²) >= 11 is 11.8. The molecule has 0 bridgehead atoms. The number of benzene rings is 1. The summed E-state index contributed by atoms with van der Waals surface area (Å²) in [6.07, 6.45) is 5.44. The molecule has 116 valence electrons. The number of halogens is 2. The van der Waals surface area contributed by atoms with Crippen LogP contribution < -0.4 is 10.6 Å². The minimum atomic E-state index is -0.743. The van der Waals surface area contributed by atoms with Gasteiger partial charge in [-0.2, -0.15) is 0 Å². The average molecular weight is 331 g/mol. The van der Waals surface area contributed by atoms with Crippen LogP contribution in [0.25, 0.3) is 0 Å². The quantitative estimate of drug-likeness (QED) is 0.586. The molecule has 0 aliphatic rings. The Kier molecular flexibility index (Phi) is 8.16.